The molecule has 1 heterocycles. The summed E-state index contributed by atoms with van der Waals surface area (Å²) in [6, 6.07) is 9.88. The molecule has 1 aromatic heterocycles. The number of nitrogen functional groups attached to an aromatic ring is 1. The van der Waals surface area contributed by atoms with Gasteiger partial charge in [0.1, 0.15) is 0 Å². The molecular formula is C15H18N2OS2. The molecule has 2 rings (SSSR count). The van der Waals surface area contributed by atoms with E-state index in [1.807, 2.05) is 31.2 Å². The Labute approximate surface area is 127 Å². The number of rotatable bonds is 6. The quantitative estimate of drug-likeness (QED) is 0.637. The second-order valence-corrected chi connectivity index (χ2v) is 6.54. The summed E-state index contributed by atoms with van der Waals surface area (Å²) in [5.74, 6) is 0.512. The van der Waals surface area contributed by atoms with Crippen LogP contribution in [-0.4, -0.2) is 18.2 Å². The number of hydrogen-bond donors (Lipinski definition) is 2. The summed E-state index contributed by atoms with van der Waals surface area (Å²) in [7, 11) is 0. The van der Waals surface area contributed by atoms with E-state index in [0.29, 0.717) is 12.3 Å². The highest BCUT2D eigenvalue weighted by molar-refractivity contribution is 8.00. The van der Waals surface area contributed by atoms with E-state index in [1.165, 1.54) is 4.88 Å². The Morgan fingerprint density at radius 2 is 2.25 bits per heavy atom. The molecule has 5 heteroatoms. The minimum absolute atomic E-state index is 0.0720. The van der Waals surface area contributed by atoms with Crippen molar-refractivity contribution in [1.82, 2.24) is 5.32 Å². The van der Waals surface area contributed by atoms with Crippen molar-refractivity contribution in [3.8, 4) is 0 Å². The van der Waals surface area contributed by atoms with Crippen LogP contribution in [-0.2, 0) is 11.2 Å². The maximum Gasteiger partial charge on any atom is 0.230 e. The molecule has 106 valence electrons. The summed E-state index contributed by atoms with van der Waals surface area (Å²) in [6.45, 7) is 2.70. The Kier molecular flexibility index (Phi) is 5.49. The van der Waals surface area contributed by atoms with Crippen LogP contribution >= 0.6 is 23.1 Å². The SMILES string of the molecule is Cc1cc(N)ccc1SCC(=O)NCCc1cccs1. The molecule has 0 radical (unpaired) electrons. The summed E-state index contributed by atoms with van der Waals surface area (Å²) >= 11 is 3.27. The average Bonchev–Trinajstić information content (AvgIpc) is 2.91. The largest absolute Gasteiger partial charge is 0.399 e. The number of thiophene rings is 1. The lowest BCUT2D eigenvalue weighted by atomic mass is 10.2. The molecule has 0 aliphatic heterocycles. The lowest BCUT2D eigenvalue weighted by Gasteiger charge is -2.07. The number of carbonyl (C=O) groups is 1. The molecule has 0 aliphatic rings. The van der Waals surface area contributed by atoms with E-state index in [0.717, 1.165) is 22.6 Å². The third-order valence-electron chi connectivity index (χ3n) is 2.83. The van der Waals surface area contributed by atoms with Gasteiger partial charge in [-0.25, -0.2) is 0 Å². The van der Waals surface area contributed by atoms with E-state index in [9.17, 15) is 4.79 Å². The zero-order valence-electron chi connectivity index (χ0n) is 11.4. The van der Waals surface area contributed by atoms with Gasteiger partial charge >= 0.3 is 0 Å². The van der Waals surface area contributed by atoms with E-state index in [2.05, 4.69) is 16.8 Å². The minimum Gasteiger partial charge on any atom is -0.399 e. The number of nitrogens with two attached hydrogens (primary N) is 1. The van der Waals surface area contributed by atoms with Gasteiger partial charge in [-0.2, -0.15) is 0 Å². The standard InChI is InChI=1S/C15H18N2OS2/c1-11-9-12(16)4-5-14(11)20-10-15(18)17-7-6-13-3-2-8-19-13/h2-5,8-9H,6-7,10,16H2,1H3,(H,17,18). The topological polar surface area (TPSA) is 55.1 Å². The molecule has 0 spiro atoms. The third-order valence-corrected chi connectivity index (χ3v) is 4.94. The lowest BCUT2D eigenvalue weighted by molar-refractivity contribution is -0.118. The monoisotopic (exact) mass is 306 g/mol. The number of carbonyl (C=O) groups excluding carboxylic acids is 1. The Morgan fingerprint density at radius 3 is 2.95 bits per heavy atom. The number of aryl methyl sites for hydroxylation is 1. The van der Waals surface area contributed by atoms with Crippen molar-refractivity contribution in [3.63, 3.8) is 0 Å². The molecule has 0 atom stereocenters. The van der Waals surface area contributed by atoms with Crippen LogP contribution in [0, 0.1) is 6.92 Å². The van der Waals surface area contributed by atoms with Crippen molar-refractivity contribution in [1.29, 1.82) is 0 Å². The van der Waals surface area contributed by atoms with Crippen molar-refractivity contribution in [2.45, 2.75) is 18.2 Å². The molecule has 0 bridgehead atoms. The number of nitrogens with one attached hydrogen (secondary N) is 1. The third kappa shape index (κ3) is 4.58. The van der Waals surface area contributed by atoms with E-state index in [1.54, 1.807) is 23.1 Å². The van der Waals surface area contributed by atoms with E-state index >= 15 is 0 Å². The lowest BCUT2D eigenvalue weighted by Crippen LogP contribution is -2.27. The Hall–Kier alpha value is -1.46. The van der Waals surface area contributed by atoms with Crippen LogP contribution in [0.15, 0.2) is 40.6 Å². The number of thioether (sulfide) groups is 1. The molecule has 3 nitrogen and oxygen atoms in total. The molecule has 2 aromatic rings. The van der Waals surface area contributed by atoms with Gasteiger partial charge in [-0.3, -0.25) is 4.79 Å². The molecule has 0 fully saturated rings. The van der Waals surface area contributed by atoms with Crippen LogP contribution in [0.5, 0.6) is 0 Å². The predicted octanol–water partition coefficient (Wildman–Crippen LogP) is 3.09. The molecule has 3 N–H and O–H groups in total. The summed E-state index contributed by atoms with van der Waals surface area (Å²) < 4.78 is 0. The molecule has 0 unspecified atom stereocenters. The maximum atomic E-state index is 11.8. The Morgan fingerprint density at radius 1 is 1.40 bits per heavy atom. The van der Waals surface area contributed by atoms with Gasteiger partial charge in [0, 0.05) is 22.0 Å². The molecule has 0 aliphatic carbocycles. The summed E-state index contributed by atoms with van der Waals surface area (Å²) in [4.78, 5) is 14.2. The normalized spacial score (nSPS) is 10.4. The first-order valence-electron chi connectivity index (χ1n) is 6.43. The van der Waals surface area contributed by atoms with E-state index < -0.39 is 0 Å². The van der Waals surface area contributed by atoms with Gasteiger partial charge < -0.3 is 11.1 Å². The second-order valence-electron chi connectivity index (χ2n) is 4.49. The van der Waals surface area contributed by atoms with Crippen molar-refractivity contribution in [2.75, 3.05) is 18.0 Å². The fourth-order valence-corrected chi connectivity index (χ4v) is 3.36. The second kappa shape index (κ2) is 7.36. The number of anilines is 1. The highest BCUT2D eigenvalue weighted by Crippen LogP contribution is 2.23. The average molecular weight is 306 g/mol. The van der Waals surface area contributed by atoms with E-state index in [4.69, 9.17) is 5.73 Å². The Balaban J connectivity index is 1.72. The number of benzene rings is 1. The highest BCUT2D eigenvalue weighted by Gasteiger charge is 2.05. The van der Waals surface area contributed by atoms with Gasteiger partial charge in [0.25, 0.3) is 0 Å². The van der Waals surface area contributed by atoms with Gasteiger partial charge in [-0.1, -0.05) is 6.07 Å². The first-order chi connectivity index (χ1) is 9.65. The molecular weight excluding hydrogens is 288 g/mol. The van der Waals surface area contributed by atoms with Crippen LogP contribution in [0.25, 0.3) is 0 Å². The van der Waals surface area contributed by atoms with Crippen LogP contribution in [0.4, 0.5) is 5.69 Å². The minimum atomic E-state index is 0.0720. The fourth-order valence-electron chi connectivity index (χ4n) is 1.81. The maximum absolute atomic E-state index is 11.8. The number of amides is 1. The van der Waals surface area contributed by atoms with Gasteiger partial charge in [0.15, 0.2) is 0 Å². The van der Waals surface area contributed by atoms with Crippen molar-refractivity contribution in [2.24, 2.45) is 0 Å². The van der Waals surface area contributed by atoms with Gasteiger partial charge in [-0.15, -0.1) is 23.1 Å². The molecule has 0 saturated heterocycles. The van der Waals surface area contributed by atoms with E-state index in [-0.39, 0.29) is 5.91 Å². The molecule has 20 heavy (non-hydrogen) atoms. The Bertz CT molecular complexity index is 567. The fraction of sp³-hybridized carbons (Fsp3) is 0.267. The number of hydrogen-bond acceptors (Lipinski definition) is 4. The summed E-state index contributed by atoms with van der Waals surface area (Å²) in [5.41, 5.74) is 7.58. The van der Waals surface area contributed by atoms with Crippen LogP contribution < -0.4 is 11.1 Å². The van der Waals surface area contributed by atoms with Gasteiger partial charge in [-0.05, 0) is 48.6 Å². The molecule has 0 saturated carbocycles. The van der Waals surface area contributed by atoms with Crippen molar-refractivity contribution in [3.05, 3.63) is 46.2 Å². The highest BCUT2D eigenvalue weighted by atomic mass is 32.2. The van der Waals surface area contributed by atoms with Crippen molar-refractivity contribution < 1.29 is 4.79 Å². The zero-order chi connectivity index (χ0) is 14.4. The van der Waals surface area contributed by atoms with Gasteiger partial charge in [0.05, 0.1) is 5.75 Å². The predicted molar refractivity (Wildman–Crippen MR) is 87.3 cm³/mol. The smallest absolute Gasteiger partial charge is 0.230 e. The first-order valence-corrected chi connectivity index (χ1v) is 8.29. The zero-order valence-corrected chi connectivity index (χ0v) is 13.0. The van der Waals surface area contributed by atoms with Crippen molar-refractivity contribution >= 4 is 34.7 Å². The van der Waals surface area contributed by atoms with Crippen LogP contribution in [0.2, 0.25) is 0 Å². The summed E-state index contributed by atoms with van der Waals surface area (Å²) in [6.07, 6.45) is 0.898. The van der Waals surface area contributed by atoms with Crippen LogP contribution in [0.1, 0.15) is 10.4 Å². The molecule has 1 aromatic carbocycles. The summed E-state index contributed by atoms with van der Waals surface area (Å²) in [5, 5.41) is 5.00. The molecule has 1 amide bonds. The van der Waals surface area contributed by atoms with Crippen LogP contribution in [0.3, 0.4) is 0 Å². The first kappa shape index (κ1) is 14.9. The van der Waals surface area contributed by atoms with Gasteiger partial charge in [0.2, 0.25) is 5.91 Å².